The summed E-state index contributed by atoms with van der Waals surface area (Å²) in [5.74, 6) is 0. The number of furan rings is 1. The van der Waals surface area contributed by atoms with Crippen LogP contribution in [0.1, 0.15) is 0 Å². The second-order valence-electron chi connectivity index (χ2n) is 14.5. The first-order valence-electron chi connectivity index (χ1n) is 19.4. The van der Waals surface area contributed by atoms with Crippen LogP contribution in [-0.2, 0) is 0 Å². The van der Waals surface area contributed by atoms with Crippen molar-refractivity contribution >= 4 is 60.8 Å². The smallest absolute Gasteiger partial charge is 0.137 e. The molecule has 2 heterocycles. The normalized spacial score (nSPS) is 11.5. The molecule has 0 atom stereocenters. The Kier molecular flexibility index (Phi) is 7.82. The second-order valence-corrected chi connectivity index (χ2v) is 14.5. The predicted octanol–water partition coefficient (Wildman–Crippen LogP) is 15.2. The third kappa shape index (κ3) is 5.60. The predicted molar refractivity (Wildman–Crippen MR) is 239 cm³/mol. The molecule has 57 heavy (non-hydrogen) atoms. The Labute approximate surface area is 330 Å². The molecule has 0 spiro atoms. The van der Waals surface area contributed by atoms with E-state index in [1.807, 2.05) is 6.07 Å². The molecule has 3 heteroatoms. The van der Waals surface area contributed by atoms with Gasteiger partial charge in [-0.3, -0.25) is 0 Å². The molecule has 0 saturated heterocycles. The van der Waals surface area contributed by atoms with Gasteiger partial charge in [0, 0.05) is 33.2 Å². The Morgan fingerprint density at radius 1 is 0.351 bits per heavy atom. The summed E-state index contributed by atoms with van der Waals surface area (Å²) in [6, 6.07) is 78.2. The maximum atomic E-state index is 6.46. The summed E-state index contributed by atoms with van der Waals surface area (Å²) in [6.07, 6.45) is 0. The first kappa shape index (κ1) is 32.8. The molecule has 9 aromatic carbocycles. The minimum Gasteiger partial charge on any atom is -0.456 e. The number of rotatable bonds is 7. The van der Waals surface area contributed by atoms with Crippen LogP contribution in [-0.4, -0.2) is 4.57 Å². The lowest BCUT2D eigenvalue weighted by Gasteiger charge is -2.27. The summed E-state index contributed by atoms with van der Waals surface area (Å²) in [7, 11) is 0. The average molecular weight is 729 g/mol. The molecule has 0 saturated carbocycles. The monoisotopic (exact) mass is 728 g/mol. The third-order valence-corrected chi connectivity index (χ3v) is 11.2. The van der Waals surface area contributed by atoms with Crippen LogP contribution in [0.4, 0.5) is 17.1 Å². The minimum atomic E-state index is 0.861. The summed E-state index contributed by atoms with van der Waals surface area (Å²) < 4.78 is 8.88. The average Bonchev–Trinajstić information content (AvgIpc) is 3.84. The van der Waals surface area contributed by atoms with E-state index in [9.17, 15) is 0 Å². The molecule has 3 nitrogen and oxygen atoms in total. The topological polar surface area (TPSA) is 21.3 Å². The van der Waals surface area contributed by atoms with E-state index in [2.05, 4.69) is 222 Å². The van der Waals surface area contributed by atoms with Crippen molar-refractivity contribution in [3.05, 3.63) is 218 Å². The first-order chi connectivity index (χ1) is 28.3. The van der Waals surface area contributed by atoms with Crippen molar-refractivity contribution in [2.75, 3.05) is 4.90 Å². The lowest BCUT2D eigenvalue weighted by Crippen LogP contribution is -2.10. The highest BCUT2D eigenvalue weighted by atomic mass is 16.3. The van der Waals surface area contributed by atoms with Crippen molar-refractivity contribution in [2.45, 2.75) is 0 Å². The van der Waals surface area contributed by atoms with Gasteiger partial charge in [0.15, 0.2) is 0 Å². The molecule has 2 aromatic heterocycles. The van der Waals surface area contributed by atoms with Gasteiger partial charge in [0.05, 0.1) is 22.1 Å². The number of nitrogens with zero attached hydrogens (tertiary/aromatic N) is 2. The number of hydrogen-bond donors (Lipinski definition) is 0. The molecule has 0 aliphatic carbocycles. The molecular formula is C54H36N2O. The lowest BCUT2D eigenvalue weighted by atomic mass is 9.96. The summed E-state index contributed by atoms with van der Waals surface area (Å²) in [4.78, 5) is 2.40. The fourth-order valence-electron chi connectivity index (χ4n) is 8.61. The zero-order valence-electron chi connectivity index (χ0n) is 31.1. The van der Waals surface area contributed by atoms with E-state index >= 15 is 0 Å². The fourth-order valence-corrected chi connectivity index (χ4v) is 8.61. The van der Waals surface area contributed by atoms with Crippen LogP contribution in [0.2, 0.25) is 0 Å². The van der Waals surface area contributed by atoms with Gasteiger partial charge >= 0.3 is 0 Å². The van der Waals surface area contributed by atoms with Crippen LogP contribution in [0.3, 0.4) is 0 Å². The summed E-state index contributed by atoms with van der Waals surface area (Å²) in [5, 5.41) is 4.61. The Balaban J connectivity index is 1.18. The van der Waals surface area contributed by atoms with Crippen molar-refractivity contribution in [3.63, 3.8) is 0 Å². The van der Waals surface area contributed by atoms with Crippen LogP contribution in [0, 0.1) is 0 Å². The molecule has 0 amide bonds. The Morgan fingerprint density at radius 2 is 0.947 bits per heavy atom. The molecular weight excluding hydrogens is 693 g/mol. The van der Waals surface area contributed by atoms with Gasteiger partial charge in [-0.05, 0) is 100 Å². The Bertz CT molecular complexity index is 3230. The van der Waals surface area contributed by atoms with E-state index in [1.165, 1.54) is 38.6 Å². The van der Waals surface area contributed by atoms with E-state index in [4.69, 9.17) is 4.42 Å². The van der Waals surface area contributed by atoms with Crippen LogP contribution < -0.4 is 4.90 Å². The highest BCUT2D eigenvalue weighted by molar-refractivity contribution is 6.17. The Hall–Kier alpha value is -7.62. The summed E-state index contributed by atoms with van der Waals surface area (Å²) in [6.45, 7) is 0. The number of para-hydroxylation sites is 2. The van der Waals surface area contributed by atoms with Crippen molar-refractivity contribution in [2.24, 2.45) is 0 Å². The van der Waals surface area contributed by atoms with Crippen LogP contribution in [0.25, 0.3) is 82.8 Å². The van der Waals surface area contributed by atoms with E-state index in [-0.39, 0.29) is 0 Å². The SMILES string of the molecule is c1ccc(-c2cccc(-c3cccc4c3c3ccc(N(c5cccc(-c6ccccc6)c5)c5cccc6oc7ccccc7c56)cc3n4-c3ccccc3)c2)cc1. The molecule has 0 aliphatic heterocycles. The number of aromatic nitrogens is 1. The number of hydrogen-bond acceptors (Lipinski definition) is 2. The van der Waals surface area contributed by atoms with Crippen molar-refractivity contribution in [1.82, 2.24) is 4.57 Å². The highest BCUT2D eigenvalue weighted by Crippen LogP contribution is 2.46. The van der Waals surface area contributed by atoms with Gasteiger partial charge in [-0.2, -0.15) is 0 Å². The van der Waals surface area contributed by atoms with Crippen LogP contribution >= 0.6 is 0 Å². The number of fused-ring (bicyclic) bond motifs is 6. The van der Waals surface area contributed by atoms with Crippen molar-refractivity contribution in [1.29, 1.82) is 0 Å². The van der Waals surface area contributed by atoms with Gasteiger partial charge in [-0.1, -0.05) is 152 Å². The molecule has 0 aliphatic rings. The molecule has 0 N–H and O–H groups in total. The highest BCUT2D eigenvalue weighted by Gasteiger charge is 2.23. The number of benzene rings is 9. The zero-order valence-corrected chi connectivity index (χ0v) is 31.1. The number of anilines is 3. The molecule has 11 rings (SSSR count). The lowest BCUT2D eigenvalue weighted by molar-refractivity contribution is 0.669. The molecule has 268 valence electrons. The van der Waals surface area contributed by atoms with Gasteiger partial charge in [-0.15, -0.1) is 0 Å². The summed E-state index contributed by atoms with van der Waals surface area (Å²) >= 11 is 0. The van der Waals surface area contributed by atoms with Crippen LogP contribution in [0.15, 0.2) is 223 Å². The fraction of sp³-hybridized carbons (Fsp3) is 0. The summed E-state index contributed by atoms with van der Waals surface area (Å²) in [5.41, 5.74) is 15.5. The van der Waals surface area contributed by atoms with Gasteiger partial charge < -0.3 is 13.9 Å². The molecule has 0 fully saturated rings. The molecule has 11 aromatic rings. The molecule has 0 bridgehead atoms. The minimum absolute atomic E-state index is 0.861. The second kappa shape index (κ2) is 13.6. The molecule has 0 unspecified atom stereocenters. The first-order valence-corrected chi connectivity index (χ1v) is 19.4. The van der Waals surface area contributed by atoms with E-state index in [1.54, 1.807) is 0 Å². The maximum absolute atomic E-state index is 6.46. The quantitative estimate of drug-likeness (QED) is 0.163. The van der Waals surface area contributed by atoms with E-state index in [0.29, 0.717) is 0 Å². The van der Waals surface area contributed by atoms with E-state index < -0.39 is 0 Å². The van der Waals surface area contributed by atoms with Gasteiger partial charge in [0.25, 0.3) is 0 Å². The zero-order chi connectivity index (χ0) is 37.7. The van der Waals surface area contributed by atoms with Crippen molar-refractivity contribution in [3.8, 4) is 39.1 Å². The van der Waals surface area contributed by atoms with Crippen molar-refractivity contribution < 1.29 is 4.42 Å². The standard InChI is InChI=1S/C54H36N2O/c1-4-16-37(17-5-1)39-20-12-22-41(34-39)45-27-14-28-48-53(45)46-33-32-44(36-50(46)56(48)42-23-8-3-9-24-42)55(43-25-13-21-40(35-43)38-18-6-2-7-19-38)49-29-15-31-52-54(49)47-26-10-11-30-51(47)57-52/h1-36H. The van der Waals surface area contributed by atoms with E-state index in [0.717, 1.165) is 61.3 Å². The van der Waals surface area contributed by atoms with Gasteiger partial charge in [0.1, 0.15) is 11.2 Å². The van der Waals surface area contributed by atoms with Gasteiger partial charge in [-0.25, -0.2) is 0 Å². The Morgan fingerprint density at radius 3 is 1.74 bits per heavy atom. The third-order valence-electron chi connectivity index (χ3n) is 11.2. The largest absolute Gasteiger partial charge is 0.456 e. The maximum Gasteiger partial charge on any atom is 0.137 e. The van der Waals surface area contributed by atoms with Crippen LogP contribution in [0.5, 0.6) is 0 Å². The molecule has 0 radical (unpaired) electrons. The van der Waals surface area contributed by atoms with Gasteiger partial charge in [0.2, 0.25) is 0 Å².